The van der Waals surface area contributed by atoms with Crippen LogP contribution in [0.5, 0.6) is 5.75 Å². The maximum absolute atomic E-state index is 9.76. The molecule has 0 radical (unpaired) electrons. The van der Waals surface area contributed by atoms with Gasteiger partial charge in [0, 0.05) is 30.4 Å². The van der Waals surface area contributed by atoms with Crippen molar-refractivity contribution < 1.29 is 14.6 Å². The largest absolute Gasteiger partial charge is 0.489 e. The fraction of sp³-hybridized carbons (Fsp3) is 0.367. The molecule has 2 aromatic carbocycles. The third kappa shape index (κ3) is 7.03. The molecule has 1 amide bonds. The van der Waals surface area contributed by atoms with Gasteiger partial charge in [-0.15, -0.1) is 0 Å². The molecule has 1 saturated carbocycles. The minimum atomic E-state index is -0.932. The fourth-order valence-corrected chi connectivity index (χ4v) is 4.78. The van der Waals surface area contributed by atoms with Crippen LogP contribution in [0.25, 0.3) is 16.8 Å². The van der Waals surface area contributed by atoms with Crippen molar-refractivity contribution in [3.8, 4) is 17.0 Å². The number of carboxylic acid groups (broad SMARTS) is 1. The number of hydrogen-bond acceptors (Lipinski definition) is 5. The Labute approximate surface area is 223 Å². The van der Waals surface area contributed by atoms with Crippen LogP contribution in [0.15, 0.2) is 67.0 Å². The lowest BCUT2D eigenvalue weighted by molar-refractivity contribution is 0.194. The Bertz CT molecular complexity index is 1320. The van der Waals surface area contributed by atoms with E-state index in [0.717, 1.165) is 46.8 Å². The van der Waals surface area contributed by atoms with Gasteiger partial charge in [-0.3, -0.25) is 4.40 Å². The van der Waals surface area contributed by atoms with E-state index in [0.29, 0.717) is 24.9 Å². The highest BCUT2D eigenvalue weighted by molar-refractivity contribution is 5.85. The van der Waals surface area contributed by atoms with Gasteiger partial charge in [0.15, 0.2) is 0 Å². The number of fused-ring (bicyclic) bond motifs is 1. The lowest BCUT2D eigenvalue weighted by Crippen LogP contribution is -2.21. The van der Waals surface area contributed by atoms with Gasteiger partial charge < -0.3 is 20.9 Å². The summed E-state index contributed by atoms with van der Waals surface area (Å²) in [6, 6.07) is 18.3. The molecule has 4 aromatic rings. The first-order valence-electron chi connectivity index (χ1n) is 13.4. The number of hydrogen-bond donors (Lipinski definition) is 3. The second-order valence-corrected chi connectivity index (χ2v) is 9.57. The van der Waals surface area contributed by atoms with Crippen molar-refractivity contribution in [2.24, 2.45) is 0 Å². The number of amides is 1. The molecule has 5 rings (SSSR count). The topological polar surface area (TPSA) is 115 Å². The summed E-state index contributed by atoms with van der Waals surface area (Å²) in [6.45, 7) is 3.13. The van der Waals surface area contributed by atoms with E-state index in [-0.39, 0.29) is 0 Å². The Morgan fingerprint density at radius 3 is 2.66 bits per heavy atom. The second kappa shape index (κ2) is 13.5. The van der Waals surface area contributed by atoms with Crippen molar-refractivity contribution in [2.75, 3.05) is 12.3 Å². The second-order valence-electron chi connectivity index (χ2n) is 9.57. The average Bonchev–Trinajstić information content (AvgIpc) is 3.35. The molecule has 0 aliphatic heterocycles. The zero-order chi connectivity index (χ0) is 26.7. The van der Waals surface area contributed by atoms with E-state index in [2.05, 4.69) is 32.9 Å². The first kappa shape index (κ1) is 27.0. The third-order valence-electron chi connectivity index (χ3n) is 6.74. The van der Waals surface area contributed by atoms with Crippen LogP contribution in [0.3, 0.4) is 0 Å². The molecule has 4 N–H and O–H groups in total. The Balaban J connectivity index is 0.000000368. The molecule has 8 heteroatoms. The number of nitrogen functional groups attached to an aromatic ring is 1. The van der Waals surface area contributed by atoms with Crippen LogP contribution in [0, 0.1) is 0 Å². The third-order valence-corrected chi connectivity index (χ3v) is 6.74. The van der Waals surface area contributed by atoms with Crippen LogP contribution in [-0.4, -0.2) is 32.1 Å². The van der Waals surface area contributed by atoms with E-state index >= 15 is 0 Å². The Morgan fingerprint density at radius 1 is 1.13 bits per heavy atom. The minimum absolute atomic E-state index is 0.472. The normalized spacial score (nSPS) is 13.5. The van der Waals surface area contributed by atoms with Crippen LogP contribution in [0.1, 0.15) is 69.2 Å². The van der Waals surface area contributed by atoms with Crippen LogP contribution in [-0.2, 0) is 6.61 Å². The molecule has 2 heterocycles. The van der Waals surface area contributed by atoms with Gasteiger partial charge >= 0.3 is 6.09 Å². The number of nitrogens with two attached hydrogens (primary N) is 1. The van der Waals surface area contributed by atoms with Crippen LogP contribution < -0.4 is 15.8 Å². The van der Waals surface area contributed by atoms with Gasteiger partial charge in [-0.05, 0) is 37.0 Å². The molecular formula is C30H37N5O3. The predicted octanol–water partition coefficient (Wildman–Crippen LogP) is 6.66. The van der Waals surface area contributed by atoms with Crippen LogP contribution in [0.4, 0.5) is 10.6 Å². The van der Waals surface area contributed by atoms with E-state index in [1.807, 2.05) is 49.5 Å². The first-order chi connectivity index (χ1) is 18.6. The van der Waals surface area contributed by atoms with Crippen LogP contribution in [0.2, 0.25) is 0 Å². The molecule has 0 unspecified atom stereocenters. The number of nitrogens with one attached hydrogen (secondary N) is 1. The Morgan fingerprint density at radius 2 is 1.92 bits per heavy atom. The standard InChI is InChI=1S/C25H26N4O.C5H11NO2/c26-24-23-22(28-25(29(23)15-14-27-24)19-10-5-2-6-11-19)20-12-7-13-21(16-20)30-17-18-8-3-1-4-9-18;1-2-3-4-6-5(7)8/h1,3-4,7-9,12-16,19H,2,5-6,10-11,17H2,(H2,26,27);6H,2-4H2,1H3,(H,7,8). The van der Waals surface area contributed by atoms with Crippen molar-refractivity contribution in [1.82, 2.24) is 19.7 Å². The molecule has 0 saturated heterocycles. The summed E-state index contributed by atoms with van der Waals surface area (Å²) >= 11 is 0. The average molecular weight is 516 g/mol. The highest BCUT2D eigenvalue weighted by Gasteiger charge is 2.24. The summed E-state index contributed by atoms with van der Waals surface area (Å²) < 4.78 is 8.18. The molecule has 2 aromatic heterocycles. The number of nitrogens with zero attached hydrogens (tertiary/aromatic N) is 3. The van der Waals surface area contributed by atoms with Gasteiger partial charge in [-0.25, -0.2) is 14.8 Å². The van der Waals surface area contributed by atoms with Crippen LogP contribution >= 0.6 is 0 Å². The quantitative estimate of drug-likeness (QED) is 0.226. The van der Waals surface area contributed by atoms with Gasteiger partial charge in [0.1, 0.15) is 35.2 Å². The van der Waals surface area contributed by atoms with Crippen molar-refractivity contribution >= 4 is 17.4 Å². The van der Waals surface area contributed by atoms with Gasteiger partial charge in [0.05, 0.1) is 0 Å². The summed E-state index contributed by atoms with van der Waals surface area (Å²) in [7, 11) is 0. The highest BCUT2D eigenvalue weighted by atomic mass is 16.5. The van der Waals surface area contributed by atoms with E-state index in [9.17, 15) is 4.79 Å². The number of aromatic nitrogens is 3. The molecular weight excluding hydrogens is 478 g/mol. The summed E-state index contributed by atoms with van der Waals surface area (Å²) in [4.78, 5) is 19.2. The molecule has 1 aliphatic rings. The molecule has 0 bridgehead atoms. The number of anilines is 1. The fourth-order valence-electron chi connectivity index (χ4n) is 4.78. The maximum Gasteiger partial charge on any atom is 0.404 e. The number of ether oxygens (including phenoxy) is 1. The van der Waals surface area contributed by atoms with Crippen molar-refractivity contribution in [3.63, 3.8) is 0 Å². The SMILES string of the molecule is CCCCNC(=O)O.Nc1nccn2c(C3CCCCC3)nc(-c3cccc(OCc4ccccc4)c3)c12. The Hall–Kier alpha value is -4.07. The highest BCUT2D eigenvalue weighted by Crippen LogP contribution is 2.37. The van der Waals surface area contributed by atoms with E-state index in [4.69, 9.17) is 20.6 Å². The molecule has 200 valence electrons. The van der Waals surface area contributed by atoms with Crippen molar-refractivity contribution in [1.29, 1.82) is 0 Å². The van der Waals surface area contributed by atoms with E-state index in [1.54, 1.807) is 6.20 Å². The van der Waals surface area contributed by atoms with Gasteiger partial charge in [0.2, 0.25) is 0 Å². The number of carbonyl (C=O) groups is 1. The van der Waals surface area contributed by atoms with Gasteiger partial charge in [-0.1, -0.05) is 75.1 Å². The van der Waals surface area contributed by atoms with Crippen molar-refractivity contribution in [2.45, 2.75) is 64.4 Å². The zero-order valence-electron chi connectivity index (χ0n) is 22.0. The number of imidazole rings is 1. The first-order valence-corrected chi connectivity index (χ1v) is 13.4. The molecule has 0 atom stereocenters. The summed E-state index contributed by atoms with van der Waals surface area (Å²) in [5, 5.41) is 10.3. The Kier molecular flexibility index (Phi) is 9.56. The number of rotatable bonds is 8. The summed E-state index contributed by atoms with van der Waals surface area (Å²) in [6.07, 6.45) is 11.0. The number of unbranched alkanes of at least 4 members (excludes halogenated alkanes) is 1. The smallest absolute Gasteiger partial charge is 0.404 e. The van der Waals surface area contributed by atoms with Gasteiger partial charge in [0.25, 0.3) is 0 Å². The lowest BCUT2D eigenvalue weighted by Gasteiger charge is -2.20. The predicted molar refractivity (Wildman–Crippen MR) is 150 cm³/mol. The summed E-state index contributed by atoms with van der Waals surface area (Å²) in [5.74, 6) is 2.90. The molecule has 1 aliphatic carbocycles. The lowest BCUT2D eigenvalue weighted by atomic mass is 9.89. The zero-order valence-corrected chi connectivity index (χ0v) is 22.0. The molecule has 8 nitrogen and oxygen atoms in total. The molecule has 38 heavy (non-hydrogen) atoms. The summed E-state index contributed by atoms with van der Waals surface area (Å²) in [5.41, 5.74) is 10.2. The molecule has 0 spiro atoms. The molecule has 1 fully saturated rings. The van der Waals surface area contributed by atoms with E-state index in [1.165, 1.54) is 32.1 Å². The number of benzene rings is 2. The maximum atomic E-state index is 9.76. The van der Waals surface area contributed by atoms with E-state index < -0.39 is 6.09 Å². The van der Waals surface area contributed by atoms with Gasteiger partial charge in [-0.2, -0.15) is 0 Å². The van der Waals surface area contributed by atoms with Crippen molar-refractivity contribution in [3.05, 3.63) is 78.4 Å². The minimum Gasteiger partial charge on any atom is -0.489 e. The monoisotopic (exact) mass is 515 g/mol.